The van der Waals surface area contributed by atoms with Crippen LogP contribution in [0.3, 0.4) is 0 Å². The molecule has 0 fully saturated rings. The fourth-order valence-electron chi connectivity index (χ4n) is 1.12. The van der Waals surface area contributed by atoms with Crippen LogP contribution in [0.2, 0.25) is 0 Å². The number of thioether (sulfide) groups is 1. The first-order valence-corrected chi connectivity index (χ1v) is 6.82. The Morgan fingerprint density at radius 1 is 1.24 bits per heavy atom. The molecule has 1 heterocycles. The van der Waals surface area contributed by atoms with Crippen LogP contribution >= 0.6 is 23.1 Å². The van der Waals surface area contributed by atoms with Gasteiger partial charge in [0, 0.05) is 5.69 Å². The number of hydrogen-bond donors (Lipinski definition) is 2. The van der Waals surface area contributed by atoms with Crippen molar-refractivity contribution in [3.05, 3.63) is 30.3 Å². The van der Waals surface area contributed by atoms with Crippen molar-refractivity contribution in [2.24, 2.45) is 0 Å². The monoisotopic (exact) mass is 266 g/mol. The molecule has 0 atom stereocenters. The van der Waals surface area contributed by atoms with Crippen LogP contribution in [-0.4, -0.2) is 22.5 Å². The zero-order valence-electron chi connectivity index (χ0n) is 9.01. The van der Waals surface area contributed by atoms with E-state index < -0.39 is 0 Å². The molecule has 0 aliphatic carbocycles. The average molecular weight is 266 g/mol. The normalized spacial score (nSPS) is 9.94. The molecule has 17 heavy (non-hydrogen) atoms. The summed E-state index contributed by atoms with van der Waals surface area (Å²) in [6.45, 7) is 0. The molecule has 0 spiro atoms. The van der Waals surface area contributed by atoms with Gasteiger partial charge in [-0.15, -0.1) is 10.2 Å². The van der Waals surface area contributed by atoms with E-state index in [0.29, 0.717) is 5.13 Å². The SMILES string of the molecule is CSc1nnc(NC(=O)Nc2ccccc2)s1. The lowest BCUT2D eigenvalue weighted by Gasteiger charge is -2.03. The van der Waals surface area contributed by atoms with Crippen LogP contribution in [0.1, 0.15) is 0 Å². The van der Waals surface area contributed by atoms with E-state index in [1.807, 2.05) is 36.6 Å². The van der Waals surface area contributed by atoms with Crippen LogP contribution in [0, 0.1) is 0 Å². The van der Waals surface area contributed by atoms with Gasteiger partial charge in [-0.05, 0) is 18.4 Å². The van der Waals surface area contributed by atoms with Gasteiger partial charge in [0.1, 0.15) is 0 Å². The van der Waals surface area contributed by atoms with Gasteiger partial charge in [0.05, 0.1) is 0 Å². The smallest absolute Gasteiger partial charge is 0.308 e. The third-order valence-electron chi connectivity index (χ3n) is 1.83. The number of amides is 2. The quantitative estimate of drug-likeness (QED) is 0.662. The second kappa shape index (κ2) is 5.65. The topological polar surface area (TPSA) is 66.9 Å². The number of nitrogens with one attached hydrogen (secondary N) is 2. The summed E-state index contributed by atoms with van der Waals surface area (Å²) in [4.78, 5) is 11.6. The molecule has 0 radical (unpaired) electrons. The Morgan fingerprint density at radius 2 is 2.00 bits per heavy atom. The van der Waals surface area contributed by atoms with E-state index in [-0.39, 0.29) is 6.03 Å². The minimum absolute atomic E-state index is 0.319. The van der Waals surface area contributed by atoms with E-state index in [4.69, 9.17) is 0 Å². The lowest BCUT2D eigenvalue weighted by Crippen LogP contribution is -2.19. The van der Waals surface area contributed by atoms with E-state index in [1.54, 1.807) is 0 Å². The van der Waals surface area contributed by atoms with E-state index in [0.717, 1.165) is 10.0 Å². The number of rotatable bonds is 3. The van der Waals surface area contributed by atoms with Crippen LogP contribution in [0.25, 0.3) is 0 Å². The van der Waals surface area contributed by atoms with Crippen LogP contribution in [0.15, 0.2) is 34.7 Å². The van der Waals surface area contributed by atoms with Gasteiger partial charge in [0.25, 0.3) is 0 Å². The van der Waals surface area contributed by atoms with Gasteiger partial charge in [0.2, 0.25) is 5.13 Å². The maximum Gasteiger partial charge on any atom is 0.325 e. The first-order valence-electron chi connectivity index (χ1n) is 4.78. The van der Waals surface area contributed by atoms with Gasteiger partial charge in [-0.2, -0.15) is 0 Å². The number of carbonyl (C=O) groups is 1. The maximum atomic E-state index is 11.6. The molecule has 5 nitrogen and oxygen atoms in total. The van der Waals surface area contributed by atoms with Gasteiger partial charge >= 0.3 is 6.03 Å². The van der Waals surface area contributed by atoms with Crippen molar-refractivity contribution in [1.82, 2.24) is 10.2 Å². The molecule has 1 aromatic heterocycles. The van der Waals surface area contributed by atoms with Crippen molar-refractivity contribution in [3.63, 3.8) is 0 Å². The van der Waals surface area contributed by atoms with E-state index >= 15 is 0 Å². The highest BCUT2D eigenvalue weighted by Crippen LogP contribution is 2.23. The number of carbonyl (C=O) groups excluding carboxylic acids is 1. The maximum absolute atomic E-state index is 11.6. The van der Waals surface area contributed by atoms with E-state index in [9.17, 15) is 4.79 Å². The summed E-state index contributed by atoms with van der Waals surface area (Å²) in [6.07, 6.45) is 1.91. The highest BCUT2D eigenvalue weighted by atomic mass is 32.2. The number of hydrogen-bond acceptors (Lipinski definition) is 5. The van der Waals surface area contributed by atoms with Crippen LogP contribution in [0.5, 0.6) is 0 Å². The lowest BCUT2D eigenvalue weighted by molar-refractivity contribution is 0.262. The van der Waals surface area contributed by atoms with Gasteiger partial charge in [0.15, 0.2) is 4.34 Å². The summed E-state index contributed by atoms with van der Waals surface area (Å²) in [7, 11) is 0. The molecule has 0 bridgehead atoms. The summed E-state index contributed by atoms with van der Waals surface area (Å²) in [5.41, 5.74) is 0.736. The first kappa shape index (κ1) is 11.9. The molecule has 2 aromatic rings. The van der Waals surface area contributed by atoms with E-state index in [1.165, 1.54) is 23.1 Å². The van der Waals surface area contributed by atoms with Crippen LogP contribution in [-0.2, 0) is 0 Å². The summed E-state index contributed by atoms with van der Waals surface area (Å²) >= 11 is 2.83. The fraction of sp³-hybridized carbons (Fsp3) is 0.100. The molecule has 0 aliphatic rings. The highest BCUT2D eigenvalue weighted by Gasteiger charge is 2.07. The highest BCUT2D eigenvalue weighted by molar-refractivity contribution is 8.00. The van der Waals surface area contributed by atoms with Crippen molar-refractivity contribution < 1.29 is 4.79 Å². The predicted molar refractivity (Wildman–Crippen MR) is 70.8 cm³/mol. The Bertz CT molecular complexity index is 500. The van der Waals surface area contributed by atoms with Crippen LogP contribution < -0.4 is 10.6 Å². The average Bonchev–Trinajstić information content (AvgIpc) is 2.78. The van der Waals surface area contributed by atoms with Crippen molar-refractivity contribution in [2.75, 3.05) is 16.9 Å². The molecule has 0 saturated heterocycles. The molecule has 0 unspecified atom stereocenters. The van der Waals surface area contributed by atoms with Crippen molar-refractivity contribution in [2.45, 2.75) is 4.34 Å². The zero-order valence-corrected chi connectivity index (χ0v) is 10.6. The lowest BCUT2D eigenvalue weighted by atomic mass is 10.3. The van der Waals surface area contributed by atoms with E-state index in [2.05, 4.69) is 20.8 Å². The number of urea groups is 1. The molecule has 2 rings (SSSR count). The summed E-state index contributed by atoms with van der Waals surface area (Å²) in [6, 6.07) is 8.90. The fourth-order valence-corrected chi connectivity index (χ4v) is 2.29. The van der Waals surface area contributed by atoms with Gasteiger partial charge in [-0.3, -0.25) is 5.32 Å². The Balaban J connectivity index is 1.93. The standard InChI is InChI=1S/C10H10N4OS2/c1-16-10-14-13-9(17-10)12-8(15)11-7-5-3-2-4-6-7/h2-6H,1H3,(H2,11,12,13,15). The molecule has 2 N–H and O–H groups in total. The second-order valence-corrected chi connectivity index (χ2v) is 5.05. The Hall–Kier alpha value is -1.60. The zero-order chi connectivity index (χ0) is 12.1. The largest absolute Gasteiger partial charge is 0.325 e. The van der Waals surface area contributed by atoms with Gasteiger partial charge < -0.3 is 5.32 Å². The molecule has 0 saturated carbocycles. The second-order valence-electron chi connectivity index (χ2n) is 3.02. The van der Waals surface area contributed by atoms with Crippen molar-refractivity contribution >= 4 is 39.9 Å². The van der Waals surface area contributed by atoms with Gasteiger partial charge in [-0.25, -0.2) is 4.79 Å². The summed E-state index contributed by atoms with van der Waals surface area (Å²) < 4.78 is 0.819. The third-order valence-corrected chi connectivity index (χ3v) is 3.65. The molecule has 2 amide bonds. The minimum atomic E-state index is -0.319. The van der Waals surface area contributed by atoms with Crippen LogP contribution in [0.4, 0.5) is 15.6 Å². The predicted octanol–water partition coefficient (Wildman–Crippen LogP) is 2.90. The van der Waals surface area contributed by atoms with Crippen molar-refractivity contribution in [3.8, 4) is 0 Å². The molecule has 88 valence electrons. The number of anilines is 2. The molecule has 7 heteroatoms. The number of para-hydroxylation sites is 1. The Labute approximate surface area is 107 Å². The minimum Gasteiger partial charge on any atom is -0.308 e. The Kier molecular flexibility index (Phi) is 3.94. The Morgan fingerprint density at radius 3 is 2.65 bits per heavy atom. The third kappa shape index (κ3) is 3.43. The van der Waals surface area contributed by atoms with Crippen molar-refractivity contribution in [1.29, 1.82) is 0 Å². The first-order chi connectivity index (χ1) is 8.28. The number of nitrogens with zero attached hydrogens (tertiary/aromatic N) is 2. The number of benzene rings is 1. The molecular formula is C10H10N4OS2. The number of aromatic nitrogens is 2. The summed E-state index contributed by atoms with van der Waals surface area (Å²) in [5.74, 6) is 0. The molecule has 0 aliphatic heterocycles. The van der Waals surface area contributed by atoms with Gasteiger partial charge in [-0.1, -0.05) is 41.3 Å². The molecular weight excluding hydrogens is 256 g/mol. The summed E-state index contributed by atoms with van der Waals surface area (Å²) in [5, 5.41) is 13.5. The molecule has 1 aromatic carbocycles.